The molecule has 0 aromatic carbocycles. The minimum atomic E-state index is -1.11. The van der Waals surface area contributed by atoms with Crippen molar-refractivity contribution in [2.75, 3.05) is 26.8 Å². The molecule has 0 radical (unpaired) electrons. The number of carbonyl (C=O) groups is 3. The second-order valence-corrected chi connectivity index (χ2v) is 6.30. The lowest BCUT2D eigenvalue weighted by Crippen LogP contribution is -2.48. The van der Waals surface area contributed by atoms with E-state index in [1.807, 2.05) is 17.5 Å². The van der Waals surface area contributed by atoms with Crippen LogP contribution in [0, 0.1) is 0 Å². The van der Waals surface area contributed by atoms with Crippen molar-refractivity contribution < 1.29 is 19.1 Å². The summed E-state index contributed by atoms with van der Waals surface area (Å²) < 4.78 is 4.95. The molecule has 1 aliphatic heterocycles. The van der Waals surface area contributed by atoms with Crippen molar-refractivity contribution in [3.05, 3.63) is 22.4 Å². The summed E-state index contributed by atoms with van der Waals surface area (Å²) in [6.07, 6.45) is 0.727. The number of nitrogens with one attached hydrogen (secondary N) is 2. The molecule has 1 aromatic rings. The molecule has 1 saturated heterocycles. The molecule has 2 N–H and O–H groups in total. The molecular weight excluding hydrogens is 306 g/mol. The standard InChI is InChI=1S/C14H19N3O4S/c1-14(9-21-2)12(19)17(13(20)16-14)8-11(18)15-6-5-10-4-3-7-22-10/h3-4,7H,5-6,8-9H2,1-2H3,(H,15,18)(H,16,20)/t14-/m0/s1. The number of nitrogens with zero attached hydrogens (tertiary/aromatic N) is 1. The molecule has 1 atom stereocenters. The van der Waals surface area contributed by atoms with Crippen molar-refractivity contribution in [3.63, 3.8) is 0 Å². The summed E-state index contributed by atoms with van der Waals surface area (Å²) in [4.78, 5) is 38.0. The van der Waals surface area contributed by atoms with Gasteiger partial charge in [0.2, 0.25) is 5.91 Å². The van der Waals surface area contributed by atoms with Crippen LogP contribution in [0.25, 0.3) is 0 Å². The Morgan fingerprint density at radius 3 is 2.91 bits per heavy atom. The number of hydrogen-bond acceptors (Lipinski definition) is 5. The van der Waals surface area contributed by atoms with Gasteiger partial charge in [0.1, 0.15) is 12.1 Å². The minimum Gasteiger partial charge on any atom is -0.382 e. The maximum absolute atomic E-state index is 12.2. The van der Waals surface area contributed by atoms with Gasteiger partial charge in [-0.25, -0.2) is 4.79 Å². The lowest BCUT2D eigenvalue weighted by molar-refractivity contribution is -0.135. The normalized spacial score (nSPS) is 21.1. The van der Waals surface area contributed by atoms with Crippen LogP contribution >= 0.6 is 11.3 Å². The Morgan fingerprint density at radius 2 is 2.27 bits per heavy atom. The zero-order valence-corrected chi connectivity index (χ0v) is 13.4. The SMILES string of the molecule is COC[C@]1(C)NC(=O)N(CC(=O)NCCc2cccs2)C1=O. The number of amides is 4. The highest BCUT2D eigenvalue weighted by Crippen LogP contribution is 2.17. The van der Waals surface area contributed by atoms with Gasteiger partial charge < -0.3 is 15.4 Å². The van der Waals surface area contributed by atoms with Crippen molar-refractivity contribution in [2.45, 2.75) is 18.9 Å². The summed E-state index contributed by atoms with van der Waals surface area (Å²) in [7, 11) is 1.45. The summed E-state index contributed by atoms with van der Waals surface area (Å²) >= 11 is 1.62. The average Bonchev–Trinajstić information content (AvgIpc) is 3.03. The second kappa shape index (κ2) is 6.89. The van der Waals surface area contributed by atoms with Gasteiger partial charge in [-0.3, -0.25) is 14.5 Å². The van der Waals surface area contributed by atoms with Crippen LogP contribution in [0.5, 0.6) is 0 Å². The van der Waals surface area contributed by atoms with Crippen molar-refractivity contribution in [3.8, 4) is 0 Å². The number of rotatable bonds is 7. The van der Waals surface area contributed by atoms with E-state index in [0.717, 1.165) is 11.3 Å². The van der Waals surface area contributed by atoms with Crippen molar-refractivity contribution in [1.82, 2.24) is 15.5 Å². The zero-order valence-electron chi connectivity index (χ0n) is 12.5. The van der Waals surface area contributed by atoms with Gasteiger partial charge in [0.05, 0.1) is 6.61 Å². The summed E-state index contributed by atoms with van der Waals surface area (Å²) in [5, 5.41) is 7.23. The predicted molar refractivity (Wildman–Crippen MR) is 81.6 cm³/mol. The quantitative estimate of drug-likeness (QED) is 0.709. The van der Waals surface area contributed by atoms with Crippen LogP contribution in [0.2, 0.25) is 0 Å². The number of hydrogen-bond donors (Lipinski definition) is 2. The largest absolute Gasteiger partial charge is 0.382 e. The van der Waals surface area contributed by atoms with Crippen molar-refractivity contribution in [1.29, 1.82) is 0 Å². The van der Waals surface area contributed by atoms with E-state index in [0.29, 0.717) is 6.54 Å². The molecule has 1 fully saturated rings. The highest BCUT2D eigenvalue weighted by atomic mass is 32.1. The molecule has 0 bridgehead atoms. The van der Waals surface area contributed by atoms with Crippen LogP contribution in [-0.4, -0.2) is 55.1 Å². The van der Waals surface area contributed by atoms with E-state index in [4.69, 9.17) is 4.74 Å². The van der Waals surface area contributed by atoms with Gasteiger partial charge >= 0.3 is 6.03 Å². The average molecular weight is 325 g/mol. The Morgan fingerprint density at radius 1 is 1.50 bits per heavy atom. The minimum absolute atomic E-state index is 0.0636. The molecule has 0 unspecified atom stereocenters. The molecular formula is C14H19N3O4S. The first-order chi connectivity index (χ1) is 10.5. The smallest absolute Gasteiger partial charge is 0.325 e. The van der Waals surface area contributed by atoms with E-state index in [9.17, 15) is 14.4 Å². The number of thiophene rings is 1. The van der Waals surface area contributed by atoms with Gasteiger partial charge in [0.15, 0.2) is 0 Å². The van der Waals surface area contributed by atoms with E-state index in [-0.39, 0.29) is 19.1 Å². The zero-order chi connectivity index (χ0) is 16.2. The van der Waals surface area contributed by atoms with Crippen LogP contribution in [-0.2, 0) is 20.7 Å². The number of imide groups is 1. The van der Waals surface area contributed by atoms with Crippen LogP contribution in [0.1, 0.15) is 11.8 Å². The Hall–Kier alpha value is -1.93. The van der Waals surface area contributed by atoms with Gasteiger partial charge in [0.25, 0.3) is 5.91 Å². The van der Waals surface area contributed by atoms with Crippen molar-refractivity contribution in [2.24, 2.45) is 0 Å². The molecule has 4 amide bonds. The molecule has 22 heavy (non-hydrogen) atoms. The fraction of sp³-hybridized carbons (Fsp3) is 0.500. The van der Waals surface area contributed by atoms with Gasteiger partial charge in [0, 0.05) is 18.5 Å². The molecule has 0 spiro atoms. The van der Waals surface area contributed by atoms with E-state index >= 15 is 0 Å². The molecule has 8 heteroatoms. The third kappa shape index (κ3) is 3.63. The van der Waals surface area contributed by atoms with Crippen molar-refractivity contribution >= 4 is 29.2 Å². The topological polar surface area (TPSA) is 87.7 Å². The van der Waals surface area contributed by atoms with Crippen LogP contribution in [0.15, 0.2) is 17.5 Å². The van der Waals surface area contributed by atoms with Gasteiger partial charge in [-0.05, 0) is 24.8 Å². The Kier molecular flexibility index (Phi) is 5.15. The summed E-state index contributed by atoms with van der Waals surface area (Å²) in [6, 6.07) is 3.37. The summed E-state index contributed by atoms with van der Waals surface area (Å²) in [5.41, 5.74) is -1.11. The second-order valence-electron chi connectivity index (χ2n) is 5.27. The van der Waals surface area contributed by atoms with Gasteiger partial charge in [-0.1, -0.05) is 6.07 Å². The van der Waals surface area contributed by atoms with Gasteiger partial charge in [-0.2, -0.15) is 0 Å². The van der Waals surface area contributed by atoms with E-state index in [1.165, 1.54) is 12.0 Å². The summed E-state index contributed by atoms with van der Waals surface area (Å²) in [6.45, 7) is 1.83. The predicted octanol–water partition coefficient (Wildman–Crippen LogP) is 0.364. The van der Waals surface area contributed by atoms with E-state index < -0.39 is 17.5 Å². The molecule has 120 valence electrons. The van der Waals surface area contributed by atoms with Crippen LogP contribution in [0.3, 0.4) is 0 Å². The van der Waals surface area contributed by atoms with E-state index in [1.54, 1.807) is 18.3 Å². The monoisotopic (exact) mass is 325 g/mol. The first-order valence-corrected chi connectivity index (χ1v) is 7.76. The maximum atomic E-state index is 12.2. The molecule has 7 nitrogen and oxygen atoms in total. The Balaban J connectivity index is 1.83. The fourth-order valence-electron chi connectivity index (χ4n) is 2.26. The van der Waals surface area contributed by atoms with Crippen LogP contribution < -0.4 is 10.6 Å². The molecule has 2 rings (SSSR count). The van der Waals surface area contributed by atoms with Gasteiger partial charge in [-0.15, -0.1) is 11.3 Å². The number of carbonyl (C=O) groups excluding carboxylic acids is 3. The Labute approximate surface area is 132 Å². The highest BCUT2D eigenvalue weighted by molar-refractivity contribution is 7.09. The summed E-state index contributed by atoms with van der Waals surface area (Å²) in [5.74, 6) is -0.811. The third-order valence-electron chi connectivity index (χ3n) is 3.35. The first-order valence-electron chi connectivity index (χ1n) is 6.88. The highest BCUT2D eigenvalue weighted by Gasteiger charge is 2.48. The number of methoxy groups -OCH3 is 1. The maximum Gasteiger partial charge on any atom is 0.325 e. The lowest BCUT2D eigenvalue weighted by Gasteiger charge is -2.20. The van der Waals surface area contributed by atoms with E-state index in [2.05, 4.69) is 10.6 Å². The first kappa shape index (κ1) is 16.4. The molecule has 1 aromatic heterocycles. The molecule has 2 heterocycles. The van der Waals surface area contributed by atoms with Crippen LogP contribution in [0.4, 0.5) is 4.79 Å². The number of urea groups is 1. The third-order valence-corrected chi connectivity index (χ3v) is 4.29. The lowest BCUT2D eigenvalue weighted by atomic mass is 10.0. The number of ether oxygens (including phenoxy) is 1. The molecule has 0 aliphatic carbocycles. The molecule has 0 saturated carbocycles. The molecule has 1 aliphatic rings. The Bertz CT molecular complexity index is 560. The fourth-order valence-corrected chi connectivity index (χ4v) is 2.97.